The maximum Gasteiger partial charge on any atom is 0.130 e. The Morgan fingerprint density at radius 1 is 1.26 bits per heavy atom. The van der Waals surface area contributed by atoms with Gasteiger partial charge in [-0.2, -0.15) is 0 Å². The van der Waals surface area contributed by atoms with Crippen LogP contribution >= 0.6 is 11.6 Å². The Kier molecular flexibility index (Phi) is 3.21. The molecule has 1 atom stereocenters. The van der Waals surface area contributed by atoms with Gasteiger partial charge in [-0.3, -0.25) is 0 Å². The number of aryl methyl sites for hydroxylation is 1. The van der Waals surface area contributed by atoms with E-state index in [9.17, 15) is 0 Å². The molecule has 0 bridgehead atoms. The first-order valence-electron chi connectivity index (χ1n) is 6.44. The van der Waals surface area contributed by atoms with Crippen LogP contribution in [-0.2, 0) is 6.42 Å². The summed E-state index contributed by atoms with van der Waals surface area (Å²) in [6.45, 7) is 2.63. The van der Waals surface area contributed by atoms with Crippen LogP contribution in [0.2, 0.25) is 5.02 Å². The van der Waals surface area contributed by atoms with E-state index in [1.54, 1.807) is 0 Å². The molecule has 2 aromatic carbocycles. The molecular formula is C16H16ClNO. The van der Waals surface area contributed by atoms with Gasteiger partial charge in [0.05, 0.1) is 0 Å². The summed E-state index contributed by atoms with van der Waals surface area (Å²) in [6, 6.07) is 12.2. The normalized spacial score (nSPS) is 17.1. The summed E-state index contributed by atoms with van der Waals surface area (Å²) >= 11 is 6.11. The second-order valence-electron chi connectivity index (χ2n) is 4.93. The number of fused-ring (bicyclic) bond motifs is 1. The molecule has 2 aromatic rings. The highest BCUT2D eigenvalue weighted by Gasteiger charge is 2.24. The fraction of sp³-hybridized carbons (Fsp3) is 0.250. The van der Waals surface area contributed by atoms with E-state index in [2.05, 4.69) is 25.1 Å². The van der Waals surface area contributed by atoms with Crippen LogP contribution in [-0.4, -0.2) is 12.6 Å². The molecule has 0 fully saturated rings. The minimum Gasteiger partial charge on any atom is -0.488 e. The van der Waals surface area contributed by atoms with Crippen LogP contribution in [0.1, 0.15) is 11.1 Å². The SMILES string of the molecule is Cc1ccc(Cl)cc1-c1cccc2c1O[C@H](CN)C2. The van der Waals surface area contributed by atoms with Crippen molar-refractivity contribution in [2.24, 2.45) is 5.73 Å². The zero-order valence-corrected chi connectivity index (χ0v) is 11.6. The van der Waals surface area contributed by atoms with Crippen LogP contribution in [0.25, 0.3) is 11.1 Å². The Labute approximate surface area is 118 Å². The summed E-state index contributed by atoms with van der Waals surface area (Å²) in [6.07, 6.45) is 0.981. The van der Waals surface area contributed by atoms with Crippen molar-refractivity contribution in [2.75, 3.05) is 6.54 Å². The molecule has 2 nitrogen and oxygen atoms in total. The lowest BCUT2D eigenvalue weighted by Gasteiger charge is -2.13. The highest BCUT2D eigenvalue weighted by Crippen LogP contribution is 2.40. The summed E-state index contributed by atoms with van der Waals surface area (Å²) in [5.74, 6) is 0.961. The predicted octanol–water partition coefficient (Wildman–Crippen LogP) is 3.58. The number of rotatable bonds is 2. The molecule has 0 unspecified atom stereocenters. The molecule has 1 heterocycles. The van der Waals surface area contributed by atoms with Crippen LogP contribution in [0.5, 0.6) is 5.75 Å². The molecule has 0 aliphatic carbocycles. The smallest absolute Gasteiger partial charge is 0.130 e. The lowest BCUT2D eigenvalue weighted by Crippen LogP contribution is -2.24. The van der Waals surface area contributed by atoms with E-state index in [0.29, 0.717) is 6.54 Å². The van der Waals surface area contributed by atoms with Gasteiger partial charge < -0.3 is 10.5 Å². The Morgan fingerprint density at radius 3 is 2.89 bits per heavy atom. The van der Waals surface area contributed by atoms with Crippen LogP contribution in [0.3, 0.4) is 0 Å². The standard InChI is InChI=1S/C16H16ClNO/c1-10-5-6-12(17)8-15(10)14-4-2-3-11-7-13(9-18)19-16(11)14/h2-6,8,13H,7,9,18H2,1H3/t13-/m0/s1. The number of ether oxygens (including phenoxy) is 1. The molecule has 0 spiro atoms. The van der Waals surface area contributed by atoms with Crippen molar-refractivity contribution < 1.29 is 4.74 Å². The van der Waals surface area contributed by atoms with Crippen LogP contribution in [0, 0.1) is 6.92 Å². The van der Waals surface area contributed by atoms with Crippen LogP contribution < -0.4 is 10.5 Å². The highest BCUT2D eigenvalue weighted by atomic mass is 35.5. The molecule has 0 amide bonds. The zero-order valence-electron chi connectivity index (χ0n) is 10.8. The fourth-order valence-electron chi connectivity index (χ4n) is 2.57. The van der Waals surface area contributed by atoms with Crippen molar-refractivity contribution in [3.63, 3.8) is 0 Å². The van der Waals surface area contributed by atoms with Gasteiger partial charge in [0.1, 0.15) is 11.9 Å². The number of halogens is 1. The number of para-hydroxylation sites is 1. The summed E-state index contributed by atoms with van der Waals surface area (Å²) in [5, 5.41) is 0.742. The maximum absolute atomic E-state index is 6.11. The van der Waals surface area contributed by atoms with Crippen molar-refractivity contribution in [1.29, 1.82) is 0 Å². The van der Waals surface area contributed by atoms with Gasteiger partial charge in [-0.1, -0.05) is 35.9 Å². The minimum atomic E-state index is 0.0932. The molecule has 1 aliphatic heterocycles. The Bertz CT molecular complexity index is 624. The van der Waals surface area contributed by atoms with Gasteiger partial charge >= 0.3 is 0 Å². The van der Waals surface area contributed by atoms with E-state index in [-0.39, 0.29) is 6.10 Å². The largest absolute Gasteiger partial charge is 0.488 e. The van der Waals surface area contributed by atoms with E-state index in [4.69, 9.17) is 22.1 Å². The van der Waals surface area contributed by atoms with E-state index in [1.807, 2.05) is 18.2 Å². The molecule has 0 saturated heterocycles. The van der Waals surface area contributed by atoms with E-state index in [1.165, 1.54) is 11.1 Å². The molecule has 2 N–H and O–H groups in total. The van der Waals surface area contributed by atoms with Crippen molar-refractivity contribution >= 4 is 11.6 Å². The van der Waals surface area contributed by atoms with Gasteiger partial charge in [0.15, 0.2) is 0 Å². The summed E-state index contributed by atoms with van der Waals surface area (Å²) in [5.41, 5.74) is 10.4. The first kappa shape index (κ1) is 12.5. The second kappa shape index (κ2) is 4.87. The van der Waals surface area contributed by atoms with E-state index < -0.39 is 0 Å². The van der Waals surface area contributed by atoms with Crippen molar-refractivity contribution in [3.05, 3.63) is 52.5 Å². The fourth-order valence-corrected chi connectivity index (χ4v) is 2.74. The Hall–Kier alpha value is -1.51. The Morgan fingerprint density at radius 2 is 2.11 bits per heavy atom. The van der Waals surface area contributed by atoms with Crippen molar-refractivity contribution in [1.82, 2.24) is 0 Å². The highest BCUT2D eigenvalue weighted by molar-refractivity contribution is 6.30. The van der Waals surface area contributed by atoms with E-state index in [0.717, 1.165) is 28.3 Å². The first-order chi connectivity index (χ1) is 9.19. The van der Waals surface area contributed by atoms with Gasteiger partial charge in [-0.25, -0.2) is 0 Å². The van der Waals surface area contributed by atoms with Gasteiger partial charge in [-0.15, -0.1) is 0 Å². The quantitative estimate of drug-likeness (QED) is 0.908. The Balaban J connectivity index is 2.13. The lowest BCUT2D eigenvalue weighted by atomic mass is 9.97. The predicted molar refractivity (Wildman–Crippen MR) is 78.8 cm³/mol. The molecule has 0 aromatic heterocycles. The second-order valence-corrected chi connectivity index (χ2v) is 5.37. The average Bonchev–Trinajstić information content (AvgIpc) is 2.84. The molecule has 19 heavy (non-hydrogen) atoms. The van der Waals surface area contributed by atoms with Crippen LogP contribution in [0.15, 0.2) is 36.4 Å². The average molecular weight is 274 g/mol. The third-order valence-electron chi connectivity index (χ3n) is 3.58. The molecule has 0 saturated carbocycles. The van der Waals surface area contributed by atoms with E-state index >= 15 is 0 Å². The minimum absolute atomic E-state index is 0.0932. The monoisotopic (exact) mass is 273 g/mol. The third kappa shape index (κ3) is 2.22. The molecular weight excluding hydrogens is 258 g/mol. The van der Waals surface area contributed by atoms with Crippen molar-refractivity contribution in [3.8, 4) is 16.9 Å². The third-order valence-corrected chi connectivity index (χ3v) is 3.82. The van der Waals surface area contributed by atoms with Gasteiger partial charge in [0, 0.05) is 23.6 Å². The first-order valence-corrected chi connectivity index (χ1v) is 6.82. The summed E-state index contributed by atoms with van der Waals surface area (Å²) in [7, 11) is 0. The number of hydrogen-bond acceptors (Lipinski definition) is 2. The summed E-state index contributed by atoms with van der Waals surface area (Å²) < 4.78 is 5.97. The molecule has 0 radical (unpaired) electrons. The van der Waals surface area contributed by atoms with Crippen molar-refractivity contribution in [2.45, 2.75) is 19.4 Å². The maximum atomic E-state index is 6.11. The molecule has 98 valence electrons. The number of hydrogen-bond donors (Lipinski definition) is 1. The number of nitrogens with two attached hydrogens (primary N) is 1. The molecule has 3 heteroatoms. The lowest BCUT2D eigenvalue weighted by molar-refractivity contribution is 0.242. The van der Waals surface area contributed by atoms with Crippen LogP contribution in [0.4, 0.5) is 0 Å². The topological polar surface area (TPSA) is 35.2 Å². The number of benzene rings is 2. The molecule has 3 rings (SSSR count). The summed E-state index contributed by atoms with van der Waals surface area (Å²) in [4.78, 5) is 0. The molecule has 1 aliphatic rings. The van der Waals surface area contributed by atoms with Gasteiger partial charge in [0.2, 0.25) is 0 Å². The van der Waals surface area contributed by atoms with Gasteiger partial charge in [0.25, 0.3) is 0 Å². The van der Waals surface area contributed by atoms with Gasteiger partial charge in [-0.05, 0) is 35.7 Å². The zero-order chi connectivity index (χ0) is 13.4.